The van der Waals surface area contributed by atoms with Gasteiger partial charge in [0.2, 0.25) is 5.82 Å². The molecule has 0 unspecified atom stereocenters. The van der Waals surface area contributed by atoms with Gasteiger partial charge in [-0.05, 0) is 69.2 Å². The molecule has 1 aromatic carbocycles. The monoisotopic (exact) mass is 451 g/mol. The lowest BCUT2D eigenvalue weighted by Gasteiger charge is -2.30. The number of benzene rings is 1. The maximum Gasteiger partial charge on any atom is 0.324 e. The normalized spacial score (nSPS) is 15.8. The minimum Gasteiger partial charge on any atom is -0.494 e. The molecule has 1 amide bonds. The van der Waals surface area contributed by atoms with Crippen LogP contribution in [0.4, 0.5) is 14.8 Å². The Bertz CT molecular complexity index is 882. The van der Waals surface area contributed by atoms with Crippen molar-refractivity contribution < 1.29 is 22.8 Å². The Kier molecular flexibility index (Phi) is 8.38. The summed E-state index contributed by atoms with van der Waals surface area (Å²) < 4.78 is 36.0. The average Bonchev–Trinajstić information content (AvgIpc) is 3.26. The number of alkyl halides is 2. The molecular weight excluding hydrogens is 420 g/mol. The number of hydrogen-bond acceptors (Lipinski definition) is 7. The Morgan fingerprint density at radius 3 is 2.75 bits per heavy atom. The minimum atomic E-state index is -2.72. The van der Waals surface area contributed by atoms with E-state index in [-0.39, 0.29) is 18.0 Å². The van der Waals surface area contributed by atoms with Gasteiger partial charge in [0.25, 0.3) is 5.91 Å². The number of carbonyl (C=O) groups is 1. The fourth-order valence-corrected chi connectivity index (χ4v) is 3.75. The summed E-state index contributed by atoms with van der Waals surface area (Å²) in [7, 11) is 0. The molecular formula is C22H31F2N5O3. The molecule has 176 valence electrons. The van der Waals surface area contributed by atoms with Crippen LogP contribution in [0.2, 0.25) is 0 Å². The van der Waals surface area contributed by atoms with Gasteiger partial charge in [0, 0.05) is 31.2 Å². The van der Waals surface area contributed by atoms with Crippen molar-refractivity contribution in [2.24, 2.45) is 11.7 Å². The van der Waals surface area contributed by atoms with E-state index >= 15 is 0 Å². The first-order valence-corrected chi connectivity index (χ1v) is 11.0. The van der Waals surface area contributed by atoms with Gasteiger partial charge < -0.3 is 25.2 Å². The summed E-state index contributed by atoms with van der Waals surface area (Å²) in [6, 6.07) is 5.54. The molecule has 1 aromatic heterocycles. The van der Waals surface area contributed by atoms with Crippen LogP contribution in [-0.2, 0) is 0 Å². The van der Waals surface area contributed by atoms with Gasteiger partial charge in [-0.25, -0.2) is 8.78 Å². The van der Waals surface area contributed by atoms with Gasteiger partial charge in [0.15, 0.2) is 0 Å². The zero-order chi connectivity index (χ0) is 23.1. The molecule has 0 bridgehead atoms. The average molecular weight is 452 g/mol. The van der Waals surface area contributed by atoms with Crippen molar-refractivity contribution in [3.05, 3.63) is 35.2 Å². The van der Waals surface area contributed by atoms with Crippen molar-refractivity contribution >= 4 is 11.9 Å². The van der Waals surface area contributed by atoms with Crippen molar-refractivity contribution in [2.45, 2.75) is 52.0 Å². The number of piperidine rings is 1. The Hall–Kier alpha value is -2.75. The van der Waals surface area contributed by atoms with Gasteiger partial charge in [-0.3, -0.25) is 4.79 Å². The van der Waals surface area contributed by atoms with E-state index in [1.54, 1.807) is 6.07 Å². The Morgan fingerprint density at radius 1 is 1.38 bits per heavy atom. The minimum absolute atomic E-state index is 0.0914. The van der Waals surface area contributed by atoms with Crippen LogP contribution in [0.5, 0.6) is 5.75 Å². The topological polar surface area (TPSA) is 107 Å². The van der Waals surface area contributed by atoms with Crippen LogP contribution < -0.4 is 20.7 Å². The molecule has 1 aliphatic rings. The molecule has 1 atom stereocenters. The van der Waals surface area contributed by atoms with Gasteiger partial charge in [-0.15, -0.1) is 0 Å². The highest BCUT2D eigenvalue weighted by atomic mass is 19.3. The summed E-state index contributed by atoms with van der Waals surface area (Å²) in [5.74, 6) is 0.592. The van der Waals surface area contributed by atoms with Crippen LogP contribution >= 0.6 is 0 Å². The molecule has 3 rings (SSSR count). The quantitative estimate of drug-likeness (QED) is 0.533. The molecule has 32 heavy (non-hydrogen) atoms. The molecule has 3 N–H and O–H groups in total. The van der Waals surface area contributed by atoms with Crippen molar-refractivity contribution in [3.63, 3.8) is 0 Å². The number of amides is 1. The van der Waals surface area contributed by atoms with Crippen LogP contribution in [-0.4, -0.2) is 48.3 Å². The molecule has 2 aromatic rings. The number of rotatable bonds is 10. The summed E-state index contributed by atoms with van der Waals surface area (Å²) in [4.78, 5) is 17.8. The van der Waals surface area contributed by atoms with Crippen molar-refractivity contribution in [2.75, 3.05) is 31.1 Å². The maximum atomic E-state index is 12.6. The largest absolute Gasteiger partial charge is 0.494 e. The summed E-state index contributed by atoms with van der Waals surface area (Å²) in [5.41, 5.74) is 7.15. The number of hydrogen-bond donors (Lipinski definition) is 2. The summed E-state index contributed by atoms with van der Waals surface area (Å²) in [5, 5.41) is 6.13. The van der Waals surface area contributed by atoms with E-state index in [1.807, 2.05) is 30.9 Å². The van der Waals surface area contributed by atoms with Crippen molar-refractivity contribution in [1.29, 1.82) is 0 Å². The second kappa shape index (κ2) is 11.2. The van der Waals surface area contributed by atoms with Gasteiger partial charge in [0.05, 0.1) is 6.61 Å². The molecule has 1 aliphatic heterocycles. The van der Waals surface area contributed by atoms with Gasteiger partial charge in [-0.1, -0.05) is 5.16 Å². The van der Waals surface area contributed by atoms with Gasteiger partial charge >= 0.3 is 12.4 Å². The van der Waals surface area contributed by atoms with Crippen LogP contribution in [0.1, 0.15) is 60.8 Å². The van der Waals surface area contributed by atoms with E-state index in [9.17, 15) is 13.6 Å². The Labute approximate surface area is 186 Å². The van der Waals surface area contributed by atoms with Gasteiger partial charge in [-0.2, -0.15) is 4.98 Å². The lowest BCUT2D eigenvalue weighted by molar-refractivity contribution is 0.0951. The third kappa shape index (κ3) is 6.62. The molecule has 1 saturated heterocycles. The fourth-order valence-electron chi connectivity index (χ4n) is 3.75. The molecule has 0 spiro atoms. The molecule has 0 radical (unpaired) electrons. The van der Waals surface area contributed by atoms with E-state index in [0.717, 1.165) is 37.0 Å². The van der Waals surface area contributed by atoms with Crippen molar-refractivity contribution in [3.8, 4) is 5.75 Å². The van der Waals surface area contributed by atoms with Crippen LogP contribution in [0.15, 0.2) is 22.7 Å². The number of nitrogens with two attached hydrogens (primary N) is 1. The molecule has 10 heteroatoms. The molecule has 1 fully saturated rings. The fraction of sp³-hybridized carbons (Fsp3) is 0.591. The lowest BCUT2D eigenvalue weighted by Crippen LogP contribution is -2.35. The predicted octanol–water partition coefficient (Wildman–Crippen LogP) is 3.47. The smallest absolute Gasteiger partial charge is 0.324 e. The third-order valence-corrected chi connectivity index (χ3v) is 5.56. The molecule has 0 aliphatic carbocycles. The highest BCUT2D eigenvalue weighted by Crippen LogP contribution is 2.27. The first kappa shape index (κ1) is 23.9. The SMILES string of the molecule is Cc1cc(OCCCC2CCN(c3nc(C(F)F)no3)CC2)ccc1C(=O)NC[C@H](C)N. The highest BCUT2D eigenvalue weighted by molar-refractivity contribution is 5.95. The standard InChI is InChI=1S/C22H31F2N5O3/c1-14-12-17(5-6-18(14)21(30)26-13-15(2)25)31-11-3-4-16-7-9-29(10-8-16)22-27-20(19(23)24)28-32-22/h5-6,12,15-16,19H,3-4,7-11,13,25H2,1-2H3,(H,26,30)/t15-/m0/s1. The summed E-state index contributed by atoms with van der Waals surface area (Å²) in [6.45, 7) is 6.17. The summed E-state index contributed by atoms with van der Waals surface area (Å²) >= 11 is 0. The van der Waals surface area contributed by atoms with Crippen LogP contribution in [0.25, 0.3) is 0 Å². The molecule has 8 nitrogen and oxygen atoms in total. The predicted molar refractivity (Wildman–Crippen MR) is 116 cm³/mol. The number of halogens is 2. The first-order valence-electron chi connectivity index (χ1n) is 11.0. The van der Waals surface area contributed by atoms with E-state index < -0.39 is 12.2 Å². The second-order valence-corrected chi connectivity index (χ2v) is 8.32. The van der Waals surface area contributed by atoms with E-state index in [0.29, 0.717) is 37.7 Å². The Balaban J connectivity index is 1.36. The highest BCUT2D eigenvalue weighted by Gasteiger charge is 2.24. The number of nitrogens with one attached hydrogen (secondary N) is 1. The van der Waals surface area contributed by atoms with E-state index in [4.69, 9.17) is 15.0 Å². The second-order valence-electron chi connectivity index (χ2n) is 8.32. The Morgan fingerprint density at radius 2 is 2.12 bits per heavy atom. The lowest BCUT2D eigenvalue weighted by atomic mass is 9.92. The van der Waals surface area contributed by atoms with Crippen LogP contribution in [0.3, 0.4) is 0 Å². The zero-order valence-corrected chi connectivity index (χ0v) is 18.5. The van der Waals surface area contributed by atoms with E-state index in [2.05, 4.69) is 15.5 Å². The number of aromatic nitrogens is 2. The maximum absolute atomic E-state index is 12.6. The number of carbonyl (C=O) groups excluding carboxylic acids is 1. The zero-order valence-electron chi connectivity index (χ0n) is 18.5. The van der Waals surface area contributed by atoms with Gasteiger partial charge in [0.1, 0.15) is 5.75 Å². The summed E-state index contributed by atoms with van der Waals surface area (Å²) in [6.07, 6.45) is 1.10. The van der Waals surface area contributed by atoms with Crippen molar-refractivity contribution in [1.82, 2.24) is 15.5 Å². The molecule has 0 saturated carbocycles. The number of anilines is 1. The first-order chi connectivity index (χ1) is 15.3. The number of aryl methyl sites for hydroxylation is 1. The number of nitrogens with zero attached hydrogens (tertiary/aromatic N) is 3. The molecule has 2 heterocycles. The van der Waals surface area contributed by atoms with E-state index in [1.165, 1.54) is 0 Å². The third-order valence-electron chi connectivity index (χ3n) is 5.56. The van der Waals surface area contributed by atoms with Crippen LogP contribution in [0, 0.1) is 12.8 Å². The number of ether oxygens (including phenoxy) is 1.